The van der Waals surface area contributed by atoms with Crippen LogP contribution in [0.4, 0.5) is 11.4 Å². The molecule has 12 heteroatoms. The Kier molecular flexibility index (Phi) is 10.8. The average Bonchev–Trinajstić information content (AvgIpc) is 3.10. The van der Waals surface area contributed by atoms with Crippen molar-refractivity contribution in [3.8, 4) is 0 Å². The normalized spacial score (nSPS) is 13.0. The van der Waals surface area contributed by atoms with Crippen molar-refractivity contribution in [2.75, 3.05) is 50.1 Å². The lowest BCUT2D eigenvalue weighted by atomic mass is 10.1. The maximum absolute atomic E-state index is 13.0. The van der Waals surface area contributed by atoms with E-state index in [1.165, 1.54) is 12.4 Å². The van der Waals surface area contributed by atoms with Gasteiger partial charge in [-0.1, -0.05) is 30.3 Å². The van der Waals surface area contributed by atoms with Crippen LogP contribution in [0.5, 0.6) is 0 Å². The molecular weight excluding hydrogens is 643 g/mol. The zero-order valence-electron chi connectivity index (χ0n) is 28.2. The molecule has 0 aliphatic heterocycles. The van der Waals surface area contributed by atoms with E-state index < -0.39 is 17.6 Å². The van der Waals surface area contributed by atoms with Crippen LogP contribution in [-0.2, 0) is 11.8 Å². The van der Waals surface area contributed by atoms with E-state index in [-0.39, 0.29) is 0 Å². The molecule has 10 nitrogen and oxygen atoms in total. The Morgan fingerprint density at radius 1 is 0.646 bits per heavy atom. The van der Waals surface area contributed by atoms with Gasteiger partial charge in [-0.25, -0.2) is 19.1 Å². The fourth-order valence-corrected chi connectivity index (χ4v) is 8.16. The maximum Gasteiger partial charge on any atom is 0.345 e. The van der Waals surface area contributed by atoms with Crippen molar-refractivity contribution in [1.82, 2.24) is 9.56 Å². The van der Waals surface area contributed by atoms with Gasteiger partial charge in [-0.2, -0.15) is 10.2 Å². The second-order valence-electron chi connectivity index (χ2n) is 11.1. The van der Waals surface area contributed by atoms with E-state index in [2.05, 4.69) is 47.7 Å². The number of benzene rings is 3. The number of hydrogen-bond acceptors (Lipinski definition) is 9. The monoisotopic (exact) mass is 684 g/mol. The first kappa shape index (κ1) is 34.6. The predicted octanol–water partition coefficient (Wildman–Crippen LogP) is 6.46. The molecule has 0 fully saturated rings. The van der Waals surface area contributed by atoms with Crippen molar-refractivity contribution in [3.05, 3.63) is 111 Å². The molecule has 250 valence electrons. The number of hydrogen-bond donors (Lipinski definition) is 0. The van der Waals surface area contributed by atoms with E-state index in [4.69, 9.17) is 20.6 Å². The van der Waals surface area contributed by atoms with Crippen LogP contribution in [0.15, 0.2) is 107 Å². The summed E-state index contributed by atoms with van der Waals surface area (Å²) in [5, 5.41) is 11.7. The Bertz CT molecular complexity index is 1990. The molecule has 48 heavy (non-hydrogen) atoms. The first-order chi connectivity index (χ1) is 23.1. The highest BCUT2D eigenvalue weighted by molar-refractivity contribution is 8.15. The van der Waals surface area contributed by atoms with Crippen LogP contribution in [0.25, 0.3) is 21.9 Å². The van der Waals surface area contributed by atoms with Crippen LogP contribution in [0.3, 0.4) is 0 Å². The minimum Gasteiger partial charge on any atom is -0.422 e. The SMILES string of the molecule is CCN(CC)c1ccc2cc(/C=N\N(C)P(=S)(c3ccccc3)N(C)/N=C/c3cc4ccc(N(CC)CC)cc4oc3=O)c(=O)oc2c1. The Morgan fingerprint density at radius 3 is 1.46 bits per heavy atom. The highest BCUT2D eigenvalue weighted by Crippen LogP contribution is 2.51. The Hall–Kier alpha value is -4.73. The molecule has 0 saturated carbocycles. The molecule has 5 aromatic rings. The third-order valence-corrected chi connectivity index (χ3v) is 13.2. The average molecular weight is 685 g/mol. The molecule has 0 saturated heterocycles. The van der Waals surface area contributed by atoms with Crippen LogP contribution in [-0.4, -0.2) is 62.3 Å². The Balaban J connectivity index is 1.45. The van der Waals surface area contributed by atoms with Gasteiger partial charge in [0.25, 0.3) is 0 Å². The van der Waals surface area contributed by atoms with E-state index in [1.807, 2.05) is 66.7 Å². The van der Waals surface area contributed by atoms with Crippen molar-refractivity contribution in [2.24, 2.45) is 10.2 Å². The molecule has 0 spiro atoms. The van der Waals surface area contributed by atoms with Crippen molar-refractivity contribution in [1.29, 1.82) is 0 Å². The molecular formula is C36H41N6O4PS. The quantitative estimate of drug-likeness (QED) is 0.0599. The van der Waals surface area contributed by atoms with Crippen molar-refractivity contribution in [2.45, 2.75) is 27.7 Å². The van der Waals surface area contributed by atoms with E-state index in [1.54, 1.807) is 35.8 Å². The summed E-state index contributed by atoms with van der Waals surface area (Å²) in [6.45, 7) is 11.7. The van der Waals surface area contributed by atoms with E-state index in [0.29, 0.717) is 22.3 Å². The van der Waals surface area contributed by atoms with Crippen molar-refractivity contribution >= 4 is 69.2 Å². The first-order valence-electron chi connectivity index (χ1n) is 16.0. The standard InChI is InChI=1S/C36H41N6O4PS/c1-7-41(8-2)30-18-16-26-20-28(35(43)45-33(26)22-30)24-37-39(5)47(48,32-14-12-11-13-15-32)40(6)38-25-29-21-27-17-19-31(42(9-3)10-4)23-34(27)46-36(29)44/h11-25H,7-10H2,1-6H3/b37-24-,38-25+. The van der Waals surface area contributed by atoms with Gasteiger partial charge in [-0.05, 0) is 75.9 Å². The molecule has 2 aromatic heterocycles. The molecule has 0 radical (unpaired) electrons. The minimum absolute atomic E-state index is 0.295. The van der Waals surface area contributed by atoms with Crippen LogP contribution in [0, 0.1) is 0 Å². The van der Waals surface area contributed by atoms with Crippen LogP contribution < -0.4 is 26.4 Å². The molecule has 3 aromatic carbocycles. The predicted molar refractivity (Wildman–Crippen MR) is 203 cm³/mol. The van der Waals surface area contributed by atoms with Gasteiger partial charge in [0.15, 0.2) is 6.34 Å². The third-order valence-electron chi connectivity index (χ3n) is 8.36. The highest BCUT2D eigenvalue weighted by Gasteiger charge is 2.29. The number of hydrazone groups is 2. The molecule has 1 unspecified atom stereocenters. The van der Waals surface area contributed by atoms with Gasteiger partial charge in [-0.3, -0.25) is 0 Å². The lowest BCUT2D eigenvalue weighted by Crippen LogP contribution is -2.28. The smallest absolute Gasteiger partial charge is 0.345 e. The molecule has 0 aliphatic rings. The largest absolute Gasteiger partial charge is 0.422 e. The molecule has 2 heterocycles. The fraction of sp³-hybridized carbons (Fsp3) is 0.278. The first-order valence-corrected chi connectivity index (χ1v) is 18.7. The summed E-state index contributed by atoms with van der Waals surface area (Å²) < 4.78 is 14.7. The minimum atomic E-state index is -2.88. The number of anilines is 2. The summed E-state index contributed by atoms with van der Waals surface area (Å²) in [4.78, 5) is 30.4. The van der Waals surface area contributed by atoms with Crippen LogP contribution in [0.1, 0.15) is 38.8 Å². The van der Waals surface area contributed by atoms with E-state index >= 15 is 0 Å². The topological polar surface area (TPSA) is 98.1 Å². The maximum atomic E-state index is 13.0. The number of rotatable bonds is 13. The third kappa shape index (κ3) is 7.07. The summed E-state index contributed by atoms with van der Waals surface area (Å²) >= 11 is 6.31. The molecule has 1 atom stereocenters. The summed E-state index contributed by atoms with van der Waals surface area (Å²) in [6, 6.07) is 24.8. The van der Waals surface area contributed by atoms with Crippen molar-refractivity contribution < 1.29 is 8.83 Å². The van der Waals surface area contributed by atoms with Crippen molar-refractivity contribution in [3.63, 3.8) is 0 Å². The molecule has 5 rings (SSSR count). The Morgan fingerprint density at radius 2 is 1.06 bits per heavy atom. The fourth-order valence-electron chi connectivity index (χ4n) is 5.56. The van der Waals surface area contributed by atoms with E-state index in [9.17, 15) is 9.59 Å². The van der Waals surface area contributed by atoms with Gasteiger partial charge < -0.3 is 18.6 Å². The number of fused-ring (bicyclic) bond motifs is 2. The van der Waals surface area contributed by atoms with Gasteiger partial charge in [-0.15, -0.1) is 0 Å². The zero-order chi connectivity index (χ0) is 34.4. The van der Waals surface area contributed by atoms with Gasteiger partial charge in [0, 0.05) is 79.9 Å². The molecule has 0 aliphatic carbocycles. The lowest BCUT2D eigenvalue weighted by molar-refractivity contribution is 0.505. The van der Waals surface area contributed by atoms with Gasteiger partial charge >= 0.3 is 11.3 Å². The van der Waals surface area contributed by atoms with E-state index in [0.717, 1.165) is 53.6 Å². The highest BCUT2D eigenvalue weighted by atomic mass is 32.4. The second kappa shape index (κ2) is 15.0. The molecule has 0 amide bonds. The summed E-state index contributed by atoms with van der Waals surface area (Å²) in [6.07, 6.45) is 0.0597. The summed E-state index contributed by atoms with van der Waals surface area (Å²) in [5.41, 5.74) is 2.62. The van der Waals surface area contributed by atoms with Crippen LogP contribution in [0.2, 0.25) is 0 Å². The second-order valence-corrected chi connectivity index (χ2v) is 15.4. The van der Waals surface area contributed by atoms with Gasteiger partial charge in [0.2, 0.25) is 0 Å². The Labute approximate surface area is 285 Å². The molecule has 0 bridgehead atoms. The summed E-state index contributed by atoms with van der Waals surface area (Å²) in [7, 11) is 3.51. The number of nitrogens with zero attached hydrogens (tertiary/aromatic N) is 6. The summed E-state index contributed by atoms with van der Waals surface area (Å²) in [5.74, 6) is 0. The lowest BCUT2D eigenvalue weighted by Gasteiger charge is -2.35. The molecule has 0 N–H and O–H groups in total. The zero-order valence-corrected chi connectivity index (χ0v) is 29.9. The van der Waals surface area contributed by atoms with Gasteiger partial charge in [0.1, 0.15) is 11.2 Å². The van der Waals surface area contributed by atoms with Crippen LogP contribution >= 0.6 is 6.34 Å². The van der Waals surface area contributed by atoms with Gasteiger partial charge in [0.05, 0.1) is 23.6 Å².